The van der Waals surface area contributed by atoms with Gasteiger partial charge in [0.25, 0.3) is 0 Å². The molecule has 0 unspecified atom stereocenters. The van der Waals surface area contributed by atoms with Gasteiger partial charge in [0.1, 0.15) is 23.0 Å². The zero-order chi connectivity index (χ0) is 21.6. The van der Waals surface area contributed by atoms with E-state index in [-0.39, 0.29) is 31.2 Å². The molecule has 0 saturated carbocycles. The van der Waals surface area contributed by atoms with E-state index in [1.165, 1.54) is 12.1 Å². The van der Waals surface area contributed by atoms with Gasteiger partial charge in [-0.15, -0.1) is 0 Å². The molecular weight excluding hydrogens is 399 g/mol. The van der Waals surface area contributed by atoms with Crippen molar-refractivity contribution < 1.29 is 22.9 Å². The van der Waals surface area contributed by atoms with Crippen molar-refractivity contribution >= 4 is 5.91 Å². The van der Waals surface area contributed by atoms with E-state index in [9.17, 15) is 9.18 Å². The average molecular weight is 420 g/mol. The molecule has 6 nitrogen and oxygen atoms in total. The Labute approximate surface area is 178 Å². The maximum atomic E-state index is 13.2. The van der Waals surface area contributed by atoms with Crippen molar-refractivity contribution in [2.24, 2.45) is 0 Å². The van der Waals surface area contributed by atoms with Crippen molar-refractivity contribution in [1.82, 2.24) is 10.1 Å². The van der Waals surface area contributed by atoms with Gasteiger partial charge in [-0.05, 0) is 54.1 Å². The van der Waals surface area contributed by atoms with Gasteiger partial charge in [-0.1, -0.05) is 17.3 Å². The molecule has 4 rings (SSSR count). The molecule has 1 amide bonds. The fourth-order valence-electron chi connectivity index (χ4n) is 3.18. The highest BCUT2D eigenvalue weighted by Gasteiger charge is 2.19. The van der Waals surface area contributed by atoms with Crippen molar-refractivity contribution in [3.63, 3.8) is 0 Å². The number of furan rings is 1. The number of rotatable bonds is 8. The molecule has 0 fully saturated rings. The molecule has 0 bridgehead atoms. The number of methoxy groups -OCH3 is 1. The maximum Gasteiger partial charge on any atom is 0.227 e. The van der Waals surface area contributed by atoms with E-state index in [1.54, 1.807) is 36.5 Å². The number of hydrogen-bond acceptors (Lipinski definition) is 5. The smallest absolute Gasteiger partial charge is 0.227 e. The minimum Gasteiger partial charge on any atom is -0.497 e. The molecule has 0 saturated heterocycles. The van der Waals surface area contributed by atoms with Crippen LogP contribution < -0.4 is 4.74 Å². The lowest BCUT2D eigenvalue weighted by atomic mass is 10.1. The van der Waals surface area contributed by atoms with E-state index in [0.29, 0.717) is 17.2 Å². The molecule has 7 heteroatoms. The second-order valence-corrected chi connectivity index (χ2v) is 7.04. The molecule has 0 aliphatic rings. The zero-order valence-electron chi connectivity index (χ0n) is 17.0. The second-order valence-electron chi connectivity index (χ2n) is 7.04. The number of carbonyl (C=O) groups is 1. The molecule has 0 radical (unpaired) electrons. The molecule has 0 aliphatic heterocycles. The predicted molar refractivity (Wildman–Crippen MR) is 112 cm³/mol. The SMILES string of the molecule is COc1ccc(-c2cc(CN(Cc3ccco3)C(=O)Cc3ccc(F)cc3)no2)cc1. The van der Waals surface area contributed by atoms with Gasteiger partial charge in [0, 0.05) is 11.6 Å². The van der Waals surface area contributed by atoms with Gasteiger partial charge in [0.2, 0.25) is 5.91 Å². The Hall–Kier alpha value is -3.87. The summed E-state index contributed by atoms with van der Waals surface area (Å²) in [7, 11) is 1.61. The standard InChI is InChI=1S/C24H21FN2O4/c1-29-21-10-6-18(7-11-21)23-14-20(26-31-23)15-27(16-22-3-2-12-30-22)24(28)13-17-4-8-19(25)9-5-17/h2-12,14H,13,15-16H2,1H3. The number of aromatic nitrogens is 1. The van der Waals surface area contributed by atoms with Crippen LogP contribution in [0.1, 0.15) is 17.0 Å². The van der Waals surface area contributed by atoms with E-state index < -0.39 is 0 Å². The first-order valence-corrected chi connectivity index (χ1v) is 9.75. The minimum atomic E-state index is -0.336. The van der Waals surface area contributed by atoms with Crippen LogP contribution in [0.5, 0.6) is 5.75 Å². The van der Waals surface area contributed by atoms with E-state index in [4.69, 9.17) is 13.7 Å². The topological polar surface area (TPSA) is 68.7 Å². The van der Waals surface area contributed by atoms with Gasteiger partial charge >= 0.3 is 0 Å². The van der Waals surface area contributed by atoms with Crippen LogP contribution in [0.3, 0.4) is 0 Å². The van der Waals surface area contributed by atoms with Gasteiger partial charge in [-0.25, -0.2) is 4.39 Å². The van der Waals surface area contributed by atoms with Crippen LogP contribution in [0.15, 0.2) is 81.9 Å². The Balaban J connectivity index is 1.50. The maximum absolute atomic E-state index is 13.2. The van der Waals surface area contributed by atoms with Gasteiger partial charge in [0.05, 0.1) is 32.9 Å². The van der Waals surface area contributed by atoms with Crippen LogP contribution in [0.25, 0.3) is 11.3 Å². The first-order valence-electron chi connectivity index (χ1n) is 9.75. The summed E-state index contributed by atoms with van der Waals surface area (Å²) in [5, 5.41) is 4.12. The minimum absolute atomic E-state index is 0.128. The van der Waals surface area contributed by atoms with Crippen LogP contribution in [0.4, 0.5) is 4.39 Å². The van der Waals surface area contributed by atoms with Gasteiger partial charge in [-0.3, -0.25) is 4.79 Å². The summed E-state index contributed by atoms with van der Waals surface area (Å²) < 4.78 is 29.2. The fraction of sp³-hybridized carbons (Fsp3) is 0.167. The molecule has 31 heavy (non-hydrogen) atoms. The third-order valence-corrected chi connectivity index (χ3v) is 4.83. The predicted octanol–water partition coefficient (Wildman–Crippen LogP) is 4.85. The third-order valence-electron chi connectivity index (χ3n) is 4.83. The summed E-state index contributed by atoms with van der Waals surface area (Å²) >= 11 is 0. The Bertz CT molecular complexity index is 1120. The zero-order valence-corrected chi connectivity index (χ0v) is 17.0. The Morgan fingerprint density at radius 2 is 1.84 bits per heavy atom. The Kier molecular flexibility index (Phi) is 6.12. The van der Waals surface area contributed by atoms with Crippen molar-refractivity contribution in [3.8, 4) is 17.1 Å². The number of ether oxygens (including phenoxy) is 1. The fourth-order valence-corrected chi connectivity index (χ4v) is 3.18. The Morgan fingerprint density at radius 3 is 2.52 bits per heavy atom. The highest BCUT2D eigenvalue weighted by molar-refractivity contribution is 5.78. The summed E-state index contributed by atoms with van der Waals surface area (Å²) in [4.78, 5) is 14.6. The summed E-state index contributed by atoms with van der Waals surface area (Å²) in [6.07, 6.45) is 1.71. The molecule has 4 aromatic rings. The number of hydrogen-bond donors (Lipinski definition) is 0. The van der Waals surface area contributed by atoms with Gasteiger partial charge in [-0.2, -0.15) is 0 Å². The number of nitrogens with zero attached hydrogens (tertiary/aromatic N) is 2. The molecule has 158 valence electrons. The summed E-state index contributed by atoms with van der Waals surface area (Å²) in [6, 6.07) is 18.7. The molecule has 2 heterocycles. The van der Waals surface area contributed by atoms with Crippen molar-refractivity contribution in [2.75, 3.05) is 7.11 Å². The molecule has 2 aromatic carbocycles. The third kappa shape index (κ3) is 5.19. The average Bonchev–Trinajstić information content (AvgIpc) is 3.47. The van der Waals surface area contributed by atoms with E-state index in [2.05, 4.69) is 5.16 Å². The summed E-state index contributed by atoms with van der Waals surface area (Å²) in [5.74, 6) is 1.54. The van der Waals surface area contributed by atoms with Crippen LogP contribution in [-0.2, 0) is 24.3 Å². The monoisotopic (exact) mass is 420 g/mol. The molecule has 0 aliphatic carbocycles. The van der Waals surface area contributed by atoms with E-state index in [0.717, 1.165) is 16.9 Å². The molecule has 0 N–H and O–H groups in total. The van der Waals surface area contributed by atoms with Crippen LogP contribution in [0.2, 0.25) is 0 Å². The number of carbonyl (C=O) groups excluding carboxylic acids is 1. The lowest BCUT2D eigenvalue weighted by molar-refractivity contribution is -0.132. The van der Waals surface area contributed by atoms with Crippen LogP contribution in [-0.4, -0.2) is 23.1 Å². The highest BCUT2D eigenvalue weighted by atomic mass is 19.1. The Morgan fingerprint density at radius 1 is 1.06 bits per heavy atom. The van der Waals surface area contributed by atoms with Crippen LogP contribution >= 0.6 is 0 Å². The van der Waals surface area contributed by atoms with Crippen molar-refractivity contribution in [3.05, 3.63) is 95.8 Å². The van der Waals surface area contributed by atoms with Gasteiger partial charge in [0.15, 0.2) is 5.76 Å². The summed E-state index contributed by atoms with van der Waals surface area (Å²) in [5.41, 5.74) is 2.20. The number of halogens is 1. The summed E-state index contributed by atoms with van der Waals surface area (Å²) in [6.45, 7) is 0.540. The van der Waals surface area contributed by atoms with E-state index >= 15 is 0 Å². The lowest BCUT2D eigenvalue weighted by Crippen LogP contribution is -2.31. The van der Waals surface area contributed by atoms with Crippen LogP contribution in [0, 0.1) is 5.82 Å². The number of benzene rings is 2. The normalized spacial score (nSPS) is 10.8. The number of amides is 1. The molecule has 0 atom stereocenters. The first-order chi connectivity index (χ1) is 15.1. The lowest BCUT2D eigenvalue weighted by Gasteiger charge is -2.20. The van der Waals surface area contributed by atoms with E-state index in [1.807, 2.05) is 36.4 Å². The first kappa shape index (κ1) is 20.4. The highest BCUT2D eigenvalue weighted by Crippen LogP contribution is 2.24. The van der Waals surface area contributed by atoms with Gasteiger partial charge < -0.3 is 18.6 Å². The second kappa shape index (κ2) is 9.30. The molecule has 2 aromatic heterocycles. The molecular formula is C24H21FN2O4. The largest absolute Gasteiger partial charge is 0.497 e. The quantitative estimate of drug-likeness (QED) is 0.407. The molecule has 0 spiro atoms. The van der Waals surface area contributed by atoms with Crippen molar-refractivity contribution in [1.29, 1.82) is 0 Å². The van der Waals surface area contributed by atoms with Crippen molar-refractivity contribution in [2.45, 2.75) is 19.5 Å².